The van der Waals surface area contributed by atoms with E-state index in [1.807, 2.05) is 24.1 Å². The van der Waals surface area contributed by atoms with Crippen molar-refractivity contribution in [1.29, 1.82) is 0 Å². The highest BCUT2D eigenvalue weighted by molar-refractivity contribution is 5.92. The van der Waals surface area contributed by atoms with E-state index in [1.165, 1.54) is 34.9 Å². The molecule has 0 atom stereocenters. The second kappa shape index (κ2) is 6.50. The van der Waals surface area contributed by atoms with Gasteiger partial charge in [0.1, 0.15) is 5.52 Å². The molecule has 5 rings (SSSR count). The Morgan fingerprint density at radius 2 is 2.04 bits per heavy atom. The Kier molecular flexibility index (Phi) is 3.97. The summed E-state index contributed by atoms with van der Waals surface area (Å²) in [5.41, 5.74) is 7.10. The molecule has 0 radical (unpaired) electrons. The second-order valence-corrected chi connectivity index (χ2v) is 7.59. The van der Waals surface area contributed by atoms with Crippen molar-refractivity contribution in [2.24, 2.45) is 7.05 Å². The summed E-state index contributed by atoms with van der Waals surface area (Å²) in [7, 11) is 1.95. The Hall–Kier alpha value is -2.66. The minimum atomic E-state index is 0.670. The molecule has 5 heteroatoms. The molecule has 1 aliphatic rings. The number of rotatable bonds is 3. The van der Waals surface area contributed by atoms with Crippen LogP contribution in [-0.4, -0.2) is 32.8 Å². The topological polar surface area (TPSA) is 58.5 Å². The lowest BCUT2D eigenvalue weighted by molar-refractivity contribution is 0.460. The summed E-state index contributed by atoms with van der Waals surface area (Å²) in [6, 6.07) is 9.10. The summed E-state index contributed by atoms with van der Waals surface area (Å²) in [5.74, 6) is 0.670. The van der Waals surface area contributed by atoms with E-state index in [9.17, 15) is 0 Å². The SMILES string of the molecule is CCc1c(-c2cc3cn(C)nc3cn2)[nH]c2ccc(C3CCNCC3)cc12. The highest BCUT2D eigenvalue weighted by atomic mass is 15.2. The first-order valence-corrected chi connectivity index (χ1v) is 9.88. The van der Waals surface area contributed by atoms with Gasteiger partial charge in [-0.3, -0.25) is 9.67 Å². The fourth-order valence-corrected chi connectivity index (χ4v) is 4.45. The van der Waals surface area contributed by atoms with Crippen molar-refractivity contribution in [2.45, 2.75) is 32.1 Å². The summed E-state index contributed by atoms with van der Waals surface area (Å²) in [5, 5.41) is 10.4. The van der Waals surface area contributed by atoms with Gasteiger partial charge >= 0.3 is 0 Å². The molecule has 0 aliphatic carbocycles. The molecule has 0 spiro atoms. The van der Waals surface area contributed by atoms with Crippen LogP contribution < -0.4 is 5.32 Å². The third-order valence-electron chi connectivity index (χ3n) is 5.86. The zero-order valence-corrected chi connectivity index (χ0v) is 15.9. The van der Waals surface area contributed by atoms with Crippen molar-refractivity contribution in [1.82, 2.24) is 25.1 Å². The van der Waals surface area contributed by atoms with Crippen LogP contribution in [0, 0.1) is 0 Å². The molecule has 0 amide bonds. The van der Waals surface area contributed by atoms with Gasteiger partial charge in [-0.15, -0.1) is 0 Å². The third kappa shape index (κ3) is 2.82. The third-order valence-corrected chi connectivity index (χ3v) is 5.86. The number of nitrogens with zero attached hydrogens (tertiary/aromatic N) is 3. The fourth-order valence-electron chi connectivity index (χ4n) is 4.45. The average Bonchev–Trinajstić information content (AvgIpc) is 3.26. The monoisotopic (exact) mass is 359 g/mol. The van der Waals surface area contributed by atoms with Crippen molar-refractivity contribution < 1.29 is 0 Å². The molecule has 1 aromatic carbocycles. The lowest BCUT2D eigenvalue weighted by Gasteiger charge is -2.23. The molecule has 2 N–H and O–H groups in total. The largest absolute Gasteiger partial charge is 0.353 e. The van der Waals surface area contributed by atoms with E-state index in [-0.39, 0.29) is 0 Å². The molecule has 27 heavy (non-hydrogen) atoms. The van der Waals surface area contributed by atoms with Gasteiger partial charge in [-0.1, -0.05) is 13.0 Å². The molecule has 138 valence electrons. The number of piperidine rings is 1. The number of pyridine rings is 1. The Bertz CT molecular complexity index is 1110. The van der Waals surface area contributed by atoms with Gasteiger partial charge in [-0.2, -0.15) is 5.10 Å². The maximum atomic E-state index is 4.69. The van der Waals surface area contributed by atoms with Crippen LogP contribution in [0.25, 0.3) is 33.2 Å². The Labute approximate surface area is 158 Å². The molecule has 3 aromatic heterocycles. The van der Waals surface area contributed by atoms with Crippen LogP contribution in [0.4, 0.5) is 0 Å². The van der Waals surface area contributed by atoms with Crippen LogP contribution in [-0.2, 0) is 13.5 Å². The number of nitrogens with one attached hydrogen (secondary N) is 2. The zero-order valence-electron chi connectivity index (χ0n) is 15.9. The summed E-state index contributed by atoms with van der Waals surface area (Å²) in [4.78, 5) is 8.32. The highest BCUT2D eigenvalue weighted by Gasteiger charge is 2.18. The Morgan fingerprint density at radius 3 is 2.85 bits per heavy atom. The number of benzene rings is 1. The number of fused-ring (bicyclic) bond motifs is 2. The molecule has 4 heterocycles. The summed E-state index contributed by atoms with van der Waals surface area (Å²) in [6.07, 6.45) is 7.35. The van der Waals surface area contributed by atoms with Gasteiger partial charge in [0.25, 0.3) is 0 Å². The van der Waals surface area contributed by atoms with Crippen molar-refractivity contribution in [3.05, 3.63) is 47.8 Å². The summed E-state index contributed by atoms with van der Waals surface area (Å²) < 4.78 is 1.84. The minimum absolute atomic E-state index is 0.670. The van der Waals surface area contributed by atoms with Crippen LogP contribution in [0.2, 0.25) is 0 Å². The normalized spacial score (nSPS) is 15.8. The van der Waals surface area contributed by atoms with Gasteiger partial charge in [0.15, 0.2) is 0 Å². The first-order valence-electron chi connectivity index (χ1n) is 9.88. The van der Waals surface area contributed by atoms with Crippen molar-refractivity contribution in [3.63, 3.8) is 0 Å². The van der Waals surface area contributed by atoms with Crippen molar-refractivity contribution >= 4 is 21.8 Å². The molecule has 1 aliphatic heterocycles. The lowest BCUT2D eigenvalue weighted by Crippen LogP contribution is -2.26. The first-order chi connectivity index (χ1) is 13.2. The molecule has 1 saturated heterocycles. The Morgan fingerprint density at radius 1 is 1.19 bits per heavy atom. The number of hydrogen-bond acceptors (Lipinski definition) is 3. The number of aryl methyl sites for hydroxylation is 2. The standard InChI is InChI=1S/C22H25N5/c1-3-17-18-10-15(14-6-8-23-9-7-14)4-5-19(18)25-22(17)20-11-16-13-27(2)26-21(16)12-24-20/h4-5,10-14,23,25H,3,6-9H2,1-2H3. The smallest absolute Gasteiger partial charge is 0.111 e. The molecule has 5 nitrogen and oxygen atoms in total. The molecule has 4 aromatic rings. The molecule has 0 unspecified atom stereocenters. The highest BCUT2D eigenvalue weighted by Crippen LogP contribution is 2.34. The van der Waals surface area contributed by atoms with E-state index >= 15 is 0 Å². The lowest BCUT2D eigenvalue weighted by atomic mass is 9.89. The number of aromatic amines is 1. The van der Waals surface area contributed by atoms with E-state index < -0.39 is 0 Å². The molecular weight excluding hydrogens is 334 g/mol. The van der Waals surface area contributed by atoms with Gasteiger partial charge < -0.3 is 10.3 Å². The van der Waals surface area contributed by atoms with Crippen LogP contribution in [0.1, 0.15) is 36.8 Å². The maximum Gasteiger partial charge on any atom is 0.111 e. The van der Waals surface area contributed by atoms with Gasteiger partial charge in [-0.25, -0.2) is 0 Å². The van der Waals surface area contributed by atoms with Gasteiger partial charge in [0, 0.05) is 29.5 Å². The summed E-state index contributed by atoms with van der Waals surface area (Å²) >= 11 is 0. The molecule has 1 fully saturated rings. The molecule has 0 saturated carbocycles. The van der Waals surface area contributed by atoms with Crippen molar-refractivity contribution in [3.8, 4) is 11.4 Å². The Balaban J connectivity index is 1.62. The zero-order chi connectivity index (χ0) is 18.4. The summed E-state index contributed by atoms with van der Waals surface area (Å²) in [6.45, 7) is 4.47. The van der Waals surface area contributed by atoms with Crippen LogP contribution in [0.15, 0.2) is 36.7 Å². The van der Waals surface area contributed by atoms with E-state index in [4.69, 9.17) is 4.98 Å². The van der Waals surface area contributed by atoms with Gasteiger partial charge in [-0.05, 0) is 67.6 Å². The van der Waals surface area contributed by atoms with E-state index in [2.05, 4.69) is 46.6 Å². The number of H-pyrrole nitrogens is 1. The molecular formula is C22H25N5. The van der Waals surface area contributed by atoms with Crippen LogP contribution >= 0.6 is 0 Å². The van der Waals surface area contributed by atoms with E-state index in [0.29, 0.717) is 5.92 Å². The fraction of sp³-hybridized carbons (Fsp3) is 0.364. The van der Waals surface area contributed by atoms with Crippen molar-refractivity contribution in [2.75, 3.05) is 13.1 Å². The molecule has 0 bridgehead atoms. The maximum absolute atomic E-state index is 4.69. The number of aromatic nitrogens is 4. The van der Waals surface area contributed by atoms with Crippen LogP contribution in [0.3, 0.4) is 0 Å². The quantitative estimate of drug-likeness (QED) is 0.578. The second-order valence-electron chi connectivity index (χ2n) is 7.59. The minimum Gasteiger partial charge on any atom is -0.353 e. The number of hydrogen-bond donors (Lipinski definition) is 2. The first kappa shape index (κ1) is 16.5. The van der Waals surface area contributed by atoms with Gasteiger partial charge in [0.05, 0.1) is 17.6 Å². The predicted molar refractivity (Wildman–Crippen MR) is 110 cm³/mol. The van der Waals surface area contributed by atoms with E-state index in [1.54, 1.807) is 0 Å². The van der Waals surface area contributed by atoms with Gasteiger partial charge in [0.2, 0.25) is 0 Å². The van der Waals surface area contributed by atoms with Crippen LogP contribution in [0.5, 0.6) is 0 Å². The van der Waals surface area contributed by atoms with E-state index in [0.717, 1.165) is 41.8 Å². The average molecular weight is 359 g/mol. The predicted octanol–water partition coefficient (Wildman–Crippen LogP) is 4.15.